The van der Waals surface area contributed by atoms with E-state index in [1.165, 1.54) is 51.4 Å². The number of carbonyl (C=O) groups excluding carboxylic acids is 2. The molecule has 4 fully saturated rings. The maximum atomic E-state index is 12.6. The molecule has 0 aromatic rings. The fourth-order valence-corrected chi connectivity index (χ4v) is 10.3. The van der Waals surface area contributed by atoms with Crippen LogP contribution in [0.15, 0.2) is 35.5 Å². The maximum Gasteiger partial charge on any atom is 0.274 e. The van der Waals surface area contributed by atoms with E-state index in [1.807, 2.05) is 12.2 Å². The minimum absolute atomic E-state index is 0.0789. The van der Waals surface area contributed by atoms with Crippen molar-refractivity contribution in [2.45, 2.75) is 110 Å². The van der Waals surface area contributed by atoms with Crippen molar-refractivity contribution in [1.82, 2.24) is 10.8 Å². The summed E-state index contributed by atoms with van der Waals surface area (Å²) >= 11 is 0. The van der Waals surface area contributed by atoms with E-state index < -0.39 is 5.91 Å². The first-order valence-corrected chi connectivity index (χ1v) is 16.1. The van der Waals surface area contributed by atoms with Gasteiger partial charge in [0.1, 0.15) is 0 Å². The Bertz CT molecular complexity index is 1050. The van der Waals surface area contributed by atoms with E-state index in [0.29, 0.717) is 65.4 Å². The summed E-state index contributed by atoms with van der Waals surface area (Å²) in [7, 11) is 0. The molecule has 6 nitrogen and oxygen atoms in total. The topological polar surface area (TPSA) is 98.7 Å². The van der Waals surface area contributed by atoms with Gasteiger partial charge in [-0.15, -0.1) is 0 Å². The largest absolute Gasteiger partial charge is 0.393 e. The van der Waals surface area contributed by atoms with Gasteiger partial charge in [-0.3, -0.25) is 14.8 Å². The SMILES string of the molecule is C[C@H](CCCC(=O)NCC1=CC=C(C(=O)NO)C=CC1)C1CCC2[C@H]3C(CC[C@@]21C)[C@@]1(C)CCCC[C@H]1C[C@@H]3O. The Balaban J connectivity index is 1.11. The molecule has 0 bridgehead atoms. The number of rotatable bonds is 8. The molecule has 40 heavy (non-hydrogen) atoms. The second kappa shape index (κ2) is 12.1. The molecule has 0 heterocycles. The summed E-state index contributed by atoms with van der Waals surface area (Å²) in [6.45, 7) is 8.01. The molecule has 5 aliphatic rings. The fraction of sp³-hybridized carbons (Fsp3) is 0.765. The van der Waals surface area contributed by atoms with Crippen LogP contribution in [0.4, 0.5) is 0 Å². The summed E-state index contributed by atoms with van der Waals surface area (Å²) in [5, 5.41) is 23.3. The van der Waals surface area contributed by atoms with Crippen LogP contribution in [0.25, 0.3) is 0 Å². The lowest BCUT2D eigenvalue weighted by Gasteiger charge is -2.62. The lowest BCUT2D eigenvalue weighted by atomic mass is 9.44. The third-order valence-corrected chi connectivity index (χ3v) is 12.5. The number of nitrogens with one attached hydrogen (secondary N) is 2. The molecule has 5 aliphatic carbocycles. The molecule has 6 heteroatoms. The molecule has 0 saturated heterocycles. The van der Waals surface area contributed by atoms with Gasteiger partial charge in [-0.05, 0) is 122 Å². The summed E-state index contributed by atoms with van der Waals surface area (Å²) in [6.07, 6.45) is 21.7. The highest BCUT2D eigenvalue weighted by Crippen LogP contribution is 2.68. The zero-order valence-corrected chi connectivity index (χ0v) is 25.0. The van der Waals surface area contributed by atoms with Gasteiger partial charge in [-0.2, -0.15) is 0 Å². The Hall–Kier alpha value is -1.92. The summed E-state index contributed by atoms with van der Waals surface area (Å²) in [6, 6.07) is 0. The molecule has 0 aliphatic heterocycles. The van der Waals surface area contributed by atoms with Crippen LogP contribution in [0, 0.1) is 46.3 Å². The van der Waals surface area contributed by atoms with Crippen molar-refractivity contribution in [2.75, 3.05) is 6.54 Å². The van der Waals surface area contributed by atoms with Crippen molar-refractivity contribution in [1.29, 1.82) is 0 Å². The van der Waals surface area contributed by atoms with E-state index in [1.54, 1.807) is 17.6 Å². The normalized spacial score (nSPS) is 39.5. The zero-order valence-electron chi connectivity index (χ0n) is 25.0. The predicted molar refractivity (Wildman–Crippen MR) is 157 cm³/mol. The summed E-state index contributed by atoms with van der Waals surface area (Å²) in [5.74, 6) is 3.38. The van der Waals surface area contributed by atoms with E-state index in [4.69, 9.17) is 5.21 Å². The Morgan fingerprint density at radius 3 is 2.65 bits per heavy atom. The van der Waals surface area contributed by atoms with Crippen molar-refractivity contribution < 1.29 is 19.9 Å². The fourth-order valence-electron chi connectivity index (χ4n) is 10.3. The number of allylic oxidation sites excluding steroid dienone is 3. The van der Waals surface area contributed by atoms with Gasteiger partial charge in [0.2, 0.25) is 5.91 Å². The molecule has 4 saturated carbocycles. The highest BCUT2D eigenvalue weighted by Gasteiger charge is 2.62. The number of aliphatic hydroxyl groups excluding tert-OH is 1. The Kier molecular flexibility index (Phi) is 8.97. The van der Waals surface area contributed by atoms with Gasteiger partial charge >= 0.3 is 0 Å². The van der Waals surface area contributed by atoms with Crippen LogP contribution in [0.1, 0.15) is 104 Å². The lowest BCUT2D eigenvalue weighted by molar-refractivity contribution is -0.164. The molecular weight excluding hydrogens is 500 g/mol. The van der Waals surface area contributed by atoms with Crippen LogP contribution in [0.2, 0.25) is 0 Å². The van der Waals surface area contributed by atoms with E-state index >= 15 is 0 Å². The Morgan fingerprint density at radius 1 is 1.05 bits per heavy atom. The van der Waals surface area contributed by atoms with Gasteiger partial charge in [0, 0.05) is 18.5 Å². The van der Waals surface area contributed by atoms with Gasteiger partial charge in [0.05, 0.1) is 6.10 Å². The molecule has 3 unspecified atom stereocenters. The molecule has 2 amide bonds. The summed E-state index contributed by atoms with van der Waals surface area (Å²) in [5.41, 5.74) is 3.83. The molecule has 222 valence electrons. The van der Waals surface area contributed by atoms with Crippen LogP contribution in [0.5, 0.6) is 0 Å². The number of carbonyl (C=O) groups is 2. The van der Waals surface area contributed by atoms with Crippen molar-refractivity contribution in [3.05, 3.63) is 35.5 Å². The number of hydroxylamine groups is 1. The minimum Gasteiger partial charge on any atom is -0.393 e. The van der Waals surface area contributed by atoms with Crippen LogP contribution in [0.3, 0.4) is 0 Å². The van der Waals surface area contributed by atoms with Crippen LogP contribution in [-0.4, -0.2) is 34.8 Å². The molecule has 0 radical (unpaired) electrons. The lowest BCUT2D eigenvalue weighted by Crippen LogP contribution is -2.57. The number of aliphatic hydroxyl groups is 1. The van der Waals surface area contributed by atoms with Gasteiger partial charge in [-0.1, -0.05) is 51.8 Å². The minimum atomic E-state index is -0.538. The number of hydrogen-bond donors (Lipinski definition) is 4. The summed E-state index contributed by atoms with van der Waals surface area (Å²) < 4.78 is 0. The van der Waals surface area contributed by atoms with Gasteiger partial charge in [0.25, 0.3) is 5.91 Å². The first kappa shape index (κ1) is 29.6. The molecule has 0 spiro atoms. The predicted octanol–water partition coefficient (Wildman–Crippen LogP) is 6.25. The number of amides is 2. The molecule has 0 aromatic heterocycles. The quantitative estimate of drug-likeness (QED) is 0.211. The van der Waals surface area contributed by atoms with Crippen LogP contribution in [-0.2, 0) is 9.59 Å². The third kappa shape index (κ3) is 5.60. The van der Waals surface area contributed by atoms with Gasteiger partial charge < -0.3 is 10.4 Å². The first-order valence-electron chi connectivity index (χ1n) is 16.1. The average Bonchev–Trinajstić information content (AvgIpc) is 3.12. The second-order valence-electron chi connectivity index (χ2n) is 14.4. The van der Waals surface area contributed by atoms with E-state index in [2.05, 4.69) is 26.1 Å². The van der Waals surface area contributed by atoms with E-state index in [-0.39, 0.29) is 12.0 Å². The van der Waals surface area contributed by atoms with E-state index in [9.17, 15) is 14.7 Å². The van der Waals surface area contributed by atoms with Crippen molar-refractivity contribution in [2.24, 2.45) is 46.3 Å². The molecule has 4 N–H and O–H groups in total. The molecule has 0 aromatic carbocycles. The number of fused-ring (bicyclic) bond motifs is 5. The van der Waals surface area contributed by atoms with Crippen molar-refractivity contribution in [3.63, 3.8) is 0 Å². The molecule has 9 atom stereocenters. The standard InChI is InChI=1S/C34H52N2O4/c1-22(8-6-12-30(38)35-21-23-9-7-10-24(14-13-23)32(39)36-40)26-15-16-27-31-28(17-19-34(26,27)3)33(2)18-5-4-11-25(33)20-29(31)37/h7,10,13-14,22,25-29,31,37,40H,4-6,8-9,11-12,15-21H2,1-3H3,(H,35,38)(H,36,39)/t22-,25+,26?,27?,28?,29+,31+,33+,34-/m1/s1. The Morgan fingerprint density at radius 2 is 1.85 bits per heavy atom. The zero-order chi connectivity index (χ0) is 28.5. The van der Waals surface area contributed by atoms with Gasteiger partial charge in [0.15, 0.2) is 0 Å². The van der Waals surface area contributed by atoms with E-state index in [0.717, 1.165) is 30.8 Å². The maximum absolute atomic E-state index is 12.6. The van der Waals surface area contributed by atoms with Crippen LogP contribution < -0.4 is 10.8 Å². The highest BCUT2D eigenvalue weighted by molar-refractivity contribution is 5.95. The summed E-state index contributed by atoms with van der Waals surface area (Å²) in [4.78, 5) is 24.2. The Labute approximate surface area is 241 Å². The third-order valence-electron chi connectivity index (χ3n) is 12.5. The first-order chi connectivity index (χ1) is 19.2. The molecular formula is C34H52N2O4. The molecule has 5 rings (SSSR count). The smallest absolute Gasteiger partial charge is 0.274 e. The van der Waals surface area contributed by atoms with Crippen molar-refractivity contribution >= 4 is 11.8 Å². The monoisotopic (exact) mass is 552 g/mol. The van der Waals surface area contributed by atoms with Crippen LogP contribution >= 0.6 is 0 Å². The number of hydrogen-bond acceptors (Lipinski definition) is 4. The average molecular weight is 553 g/mol. The highest BCUT2D eigenvalue weighted by atomic mass is 16.5. The van der Waals surface area contributed by atoms with Gasteiger partial charge in [-0.25, -0.2) is 5.48 Å². The second-order valence-corrected chi connectivity index (χ2v) is 14.4. The van der Waals surface area contributed by atoms with Crippen molar-refractivity contribution in [3.8, 4) is 0 Å².